The number of nitrogens with zero attached hydrogens (tertiary/aromatic N) is 1. The number of carbonyl (C=O) groups excluding carboxylic acids is 3. The molecule has 9 nitrogen and oxygen atoms in total. The van der Waals surface area contributed by atoms with Gasteiger partial charge >= 0.3 is 6.09 Å². The van der Waals surface area contributed by atoms with Crippen molar-refractivity contribution in [1.82, 2.24) is 25.9 Å². The van der Waals surface area contributed by atoms with Crippen molar-refractivity contribution in [3.63, 3.8) is 0 Å². The predicted molar refractivity (Wildman–Crippen MR) is 146 cm³/mol. The predicted octanol–water partition coefficient (Wildman–Crippen LogP) is 4.16. The van der Waals surface area contributed by atoms with Gasteiger partial charge < -0.3 is 25.7 Å². The van der Waals surface area contributed by atoms with Gasteiger partial charge in [0.25, 0.3) is 5.91 Å². The summed E-state index contributed by atoms with van der Waals surface area (Å²) in [6, 6.07) is 7.74. The number of halogens is 2. The molecule has 2 unspecified atom stereocenters. The zero-order valence-corrected chi connectivity index (χ0v) is 22.9. The van der Waals surface area contributed by atoms with Crippen LogP contribution in [-0.2, 0) is 16.0 Å². The van der Waals surface area contributed by atoms with Gasteiger partial charge in [-0.2, -0.15) is 0 Å². The Kier molecular flexibility index (Phi) is 8.87. The fraction of sp³-hybridized carbons (Fsp3) is 0.429. The first-order valence-corrected chi connectivity index (χ1v) is 13.3. The van der Waals surface area contributed by atoms with E-state index in [9.17, 15) is 18.8 Å². The topological polar surface area (TPSA) is 125 Å². The molecule has 1 aliphatic heterocycles. The van der Waals surface area contributed by atoms with E-state index in [1.165, 1.54) is 18.3 Å². The van der Waals surface area contributed by atoms with Crippen LogP contribution < -0.4 is 16.0 Å². The number of amides is 2. The molecule has 0 radical (unpaired) electrons. The van der Waals surface area contributed by atoms with Crippen molar-refractivity contribution in [3.8, 4) is 0 Å². The van der Waals surface area contributed by atoms with Gasteiger partial charge in [0.05, 0.1) is 23.8 Å². The molecule has 1 aliphatic rings. The lowest BCUT2D eigenvalue weighted by Crippen LogP contribution is -2.54. The Balaban J connectivity index is 1.47. The highest BCUT2D eigenvalue weighted by Crippen LogP contribution is 2.21. The summed E-state index contributed by atoms with van der Waals surface area (Å²) in [4.78, 5) is 46.0. The summed E-state index contributed by atoms with van der Waals surface area (Å²) in [6.07, 6.45) is 2.49. The molecule has 2 aromatic heterocycles. The van der Waals surface area contributed by atoms with Gasteiger partial charge in [-0.1, -0.05) is 23.7 Å². The van der Waals surface area contributed by atoms with Crippen LogP contribution in [0.5, 0.6) is 0 Å². The van der Waals surface area contributed by atoms with Gasteiger partial charge in [-0.05, 0) is 82.3 Å². The van der Waals surface area contributed by atoms with E-state index in [1.54, 1.807) is 45.0 Å². The number of aromatic amines is 1. The third kappa shape index (κ3) is 8.00. The molecule has 0 bridgehead atoms. The van der Waals surface area contributed by atoms with Crippen LogP contribution in [-0.4, -0.2) is 58.5 Å². The fourth-order valence-corrected chi connectivity index (χ4v) is 4.79. The van der Waals surface area contributed by atoms with Crippen LogP contribution >= 0.6 is 11.6 Å². The number of carbonyl (C=O) groups is 3. The van der Waals surface area contributed by atoms with Crippen molar-refractivity contribution in [2.75, 3.05) is 13.1 Å². The van der Waals surface area contributed by atoms with E-state index in [1.807, 2.05) is 0 Å². The minimum Gasteiger partial charge on any atom is -0.444 e. The number of hydrogen-bond donors (Lipinski definition) is 4. The number of piperidine rings is 1. The standard InChI is InChI=1S/C28H33ClFN5O4/c1-28(2,3)39-27(38)33-14-17-8-9-31-20(11-17)25(36)21(10-16-4-6-19(30)7-5-16)35-26(37)22-12-18-13-24(29)32-15-23(18)34-22/h4-7,12-13,15,17,20-21,31,34H,8-11,14H2,1-3H3,(H,33,38)(H,35,37)/t17?,20?,21-/m0/s1. The Hall–Kier alpha value is -3.50. The molecular weight excluding hydrogens is 525 g/mol. The van der Waals surface area contributed by atoms with Crippen LogP contribution in [0.3, 0.4) is 0 Å². The Bertz CT molecular complexity index is 1340. The van der Waals surface area contributed by atoms with Gasteiger partial charge in [0.1, 0.15) is 22.3 Å². The number of alkyl carbamates (subject to hydrolysis) is 1. The minimum atomic E-state index is -0.869. The number of ether oxygens (including phenoxy) is 1. The lowest BCUT2D eigenvalue weighted by molar-refractivity contribution is -0.123. The van der Waals surface area contributed by atoms with E-state index in [4.69, 9.17) is 16.3 Å². The van der Waals surface area contributed by atoms with E-state index >= 15 is 0 Å². The summed E-state index contributed by atoms with van der Waals surface area (Å²) < 4.78 is 18.8. The second-order valence-electron chi connectivity index (χ2n) is 10.8. The average molecular weight is 558 g/mol. The summed E-state index contributed by atoms with van der Waals surface area (Å²) in [5.74, 6) is -0.969. The van der Waals surface area contributed by atoms with Crippen molar-refractivity contribution in [2.24, 2.45) is 5.92 Å². The number of fused-ring (bicyclic) bond motifs is 1. The van der Waals surface area contributed by atoms with Gasteiger partial charge in [-0.15, -0.1) is 0 Å². The largest absolute Gasteiger partial charge is 0.444 e. The second kappa shape index (κ2) is 12.1. The first kappa shape index (κ1) is 28.5. The van der Waals surface area contributed by atoms with E-state index in [-0.39, 0.29) is 29.6 Å². The molecule has 2 amide bonds. The zero-order chi connectivity index (χ0) is 28.2. The molecule has 0 spiro atoms. The number of benzene rings is 1. The van der Waals surface area contributed by atoms with Crippen LogP contribution in [0.1, 0.15) is 49.7 Å². The lowest BCUT2D eigenvalue weighted by Gasteiger charge is -2.32. The molecule has 0 saturated carbocycles. The van der Waals surface area contributed by atoms with Crippen molar-refractivity contribution in [3.05, 3.63) is 64.8 Å². The summed E-state index contributed by atoms with van der Waals surface area (Å²) in [5.41, 5.74) is 1.01. The number of ketones is 1. The maximum absolute atomic E-state index is 13.7. The van der Waals surface area contributed by atoms with Crippen molar-refractivity contribution in [2.45, 2.75) is 57.7 Å². The number of Topliss-reactive ketones (excluding diaryl/α,β-unsaturated/α-hetero) is 1. The SMILES string of the molecule is CC(C)(C)OC(=O)NCC1CCNC(C(=O)[C@H](Cc2ccc(F)cc2)NC(=O)c2cc3cc(Cl)ncc3[nH]2)C1. The molecule has 4 rings (SSSR count). The molecule has 1 aromatic carbocycles. The normalized spacial score (nSPS) is 18.4. The van der Waals surface area contributed by atoms with Crippen molar-refractivity contribution in [1.29, 1.82) is 0 Å². The molecule has 3 aromatic rings. The average Bonchev–Trinajstić information content (AvgIpc) is 3.30. The number of hydrogen-bond acceptors (Lipinski definition) is 6. The highest BCUT2D eigenvalue weighted by Gasteiger charge is 2.33. The number of nitrogens with one attached hydrogen (secondary N) is 4. The van der Waals surface area contributed by atoms with Crippen LogP contribution in [0.25, 0.3) is 10.9 Å². The quantitative estimate of drug-likeness (QED) is 0.308. The lowest BCUT2D eigenvalue weighted by atomic mass is 9.87. The molecule has 3 heterocycles. The molecule has 4 N–H and O–H groups in total. The van der Waals surface area contributed by atoms with Crippen LogP contribution in [0.2, 0.25) is 5.15 Å². The third-order valence-electron chi connectivity index (χ3n) is 6.51. The zero-order valence-electron chi connectivity index (χ0n) is 22.1. The monoisotopic (exact) mass is 557 g/mol. The summed E-state index contributed by atoms with van der Waals surface area (Å²) in [5, 5.41) is 9.93. The summed E-state index contributed by atoms with van der Waals surface area (Å²) in [6.45, 7) is 6.35. The number of rotatable bonds is 8. The highest BCUT2D eigenvalue weighted by molar-refractivity contribution is 6.30. The van der Waals surface area contributed by atoms with Crippen LogP contribution in [0.4, 0.5) is 9.18 Å². The molecule has 1 fully saturated rings. The molecular formula is C28H33ClFN5O4. The van der Waals surface area contributed by atoms with E-state index in [0.29, 0.717) is 35.7 Å². The number of aromatic nitrogens is 2. The Morgan fingerprint density at radius 2 is 1.95 bits per heavy atom. The molecule has 39 heavy (non-hydrogen) atoms. The van der Waals surface area contributed by atoms with E-state index < -0.39 is 29.7 Å². The molecule has 1 saturated heterocycles. The summed E-state index contributed by atoms with van der Waals surface area (Å²) in [7, 11) is 0. The van der Waals surface area contributed by atoms with Crippen LogP contribution in [0.15, 0.2) is 42.6 Å². The smallest absolute Gasteiger partial charge is 0.407 e. The van der Waals surface area contributed by atoms with E-state index in [2.05, 4.69) is 25.9 Å². The molecule has 11 heteroatoms. The molecule has 208 valence electrons. The second-order valence-corrected chi connectivity index (χ2v) is 11.2. The van der Waals surface area contributed by atoms with Gasteiger partial charge in [-0.3, -0.25) is 9.59 Å². The fourth-order valence-electron chi connectivity index (χ4n) is 4.62. The van der Waals surface area contributed by atoms with Gasteiger partial charge in [0, 0.05) is 11.9 Å². The maximum Gasteiger partial charge on any atom is 0.407 e. The maximum atomic E-state index is 13.7. The Morgan fingerprint density at radius 3 is 2.67 bits per heavy atom. The minimum absolute atomic E-state index is 0.0563. The van der Waals surface area contributed by atoms with Gasteiger partial charge in [0.15, 0.2) is 5.78 Å². The van der Waals surface area contributed by atoms with Crippen molar-refractivity contribution >= 4 is 40.3 Å². The Morgan fingerprint density at radius 1 is 1.21 bits per heavy atom. The highest BCUT2D eigenvalue weighted by atomic mass is 35.5. The number of H-pyrrole nitrogens is 1. The first-order chi connectivity index (χ1) is 18.5. The Labute approximate surface area is 231 Å². The van der Waals surface area contributed by atoms with Gasteiger partial charge in [0.2, 0.25) is 0 Å². The molecule has 3 atom stereocenters. The first-order valence-electron chi connectivity index (χ1n) is 12.9. The molecule has 0 aliphatic carbocycles. The summed E-state index contributed by atoms with van der Waals surface area (Å²) >= 11 is 5.97. The third-order valence-corrected chi connectivity index (χ3v) is 6.71. The van der Waals surface area contributed by atoms with Gasteiger partial charge in [-0.25, -0.2) is 14.2 Å². The van der Waals surface area contributed by atoms with Crippen molar-refractivity contribution < 1.29 is 23.5 Å². The number of pyridine rings is 1. The van der Waals surface area contributed by atoms with Crippen LogP contribution in [0, 0.1) is 11.7 Å². The van der Waals surface area contributed by atoms with E-state index in [0.717, 1.165) is 11.8 Å².